The van der Waals surface area contributed by atoms with Gasteiger partial charge in [0.15, 0.2) is 0 Å². The van der Waals surface area contributed by atoms with Gasteiger partial charge in [0.2, 0.25) is 0 Å². The molecule has 2 aliphatic heterocycles. The maximum absolute atomic E-state index is 12.7. The monoisotopic (exact) mass is 429 g/mol. The number of rotatable bonds is 3. The number of amides is 2. The van der Waals surface area contributed by atoms with Crippen molar-refractivity contribution in [1.29, 1.82) is 0 Å². The Kier molecular flexibility index (Phi) is 6.24. The van der Waals surface area contributed by atoms with Crippen LogP contribution in [0.15, 0.2) is 30.6 Å². The van der Waals surface area contributed by atoms with Crippen molar-refractivity contribution in [3.8, 4) is 0 Å². The SMILES string of the molecule is Cc1c(Cl)cccc1NC(=O)N1CCN(c2cc(N3CCN(C)CC3)ncn2)CC1. The highest BCUT2D eigenvalue weighted by Crippen LogP contribution is 2.24. The summed E-state index contributed by atoms with van der Waals surface area (Å²) in [5.74, 6) is 1.90. The van der Waals surface area contributed by atoms with Crippen LogP contribution < -0.4 is 15.1 Å². The number of carbonyl (C=O) groups is 1. The molecular weight excluding hydrogens is 402 g/mol. The number of carbonyl (C=O) groups excluding carboxylic acids is 1. The molecule has 2 aromatic rings. The van der Waals surface area contributed by atoms with Crippen LogP contribution in [0.5, 0.6) is 0 Å². The van der Waals surface area contributed by atoms with Crippen LogP contribution in [0.2, 0.25) is 5.02 Å². The van der Waals surface area contributed by atoms with E-state index in [0.29, 0.717) is 18.1 Å². The third kappa shape index (κ3) is 4.60. The van der Waals surface area contributed by atoms with Crippen molar-refractivity contribution < 1.29 is 4.79 Å². The van der Waals surface area contributed by atoms with Gasteiger partial charge in [-0.05, 0) is 31.7 Å². The molecule has 0 bridgehead atoms. The number of hydrogen-bond acceptors (Lipinski definition) is 6. The Morgan fingerprint density at radius 1 is 0.967 bits per heavy atom. The highest BCUT2D eigenvalue weighted by Gasteiger charge is 2.23. The second kappa shape index (κ2) is 9.06. The molecule has 30 heavy (non-hydrogen) atoms. The minimum absolute atomic E-state index is 0.0965. The largest absolute Gasteiger partial charge is 0.354 e. The predicted molar refractivity (Wildman–Crippen MR) is 121 cm³/mol. The molecular formula is C21H28ClN7O. The molecule has 8 nitrogen and oxygen atoms in total. The Bertz CT molecular complexity index is 893. The Hall–Kier alpha value is -2.58. The lowest BCUT2D eigenvalue weighted by Gasteiger charge is -2.36. The smallest absolute Gasteiger partial charge is 0.321 e. The van der Waals surface area contributed by atoms with Gasteiger partial charge >= 0.3 is 6.03 Å². The fraction of sp³-hybridized carbons (Fsp3) is 0.476. The zero-order valence-corrected chi connectivity index (χ0v) is 18.3. The molecule has 2 aliphatic rings. The molecule has 2 amide bonds. The highest BCUT2D eigenvalue weighted by molar-refractivity contribution is 6.31. The van der Waals surface area contributed by atoms with Gasteiger partial charge in [-0.25, -0.2) is 14.8 Å². The number of aromatic nitrogens is 2. The van der Waals surface area contributed by atoms with Crippen molar-refractivity contribution in [3.05, 3.63) is 41.2 Å². The van der Waals surface area contributed by atoms with E-state index in [1.165, 1.54) is 0 Å². The molecule has 3 heterocycles. The van der Waals surface area contributed by atoms with Crippen LogP contribution in [0, 0.1) is 6.92 Å². The molecule has 2 saturated heterocycles. The predicted octanol–water partition coefficient (Wildman–Crippen LogP) is 2.54. The third-order valence-corrected chi connectivity index (χ3v) is 6.28. The first kappa shape index (κ1) is 20.7. The third-order valence-electron chi connectivity index (χ3n) is 5.87. The van der Waals surface area contributed by atoms with E-state index in [1.807, 2.05) is 30.0 Å². The van der Waals surface area contributed by atoms with Crippen molar-refractivity contribution in [2.45, 2.75) is 6.92 Å². The van der Waals surface area contributed by atoms with E-state index in [1.54, 1.807) is 6.33 Å². The summed E-state index contributed by atoms with van der Waals surface area (Å²) in [5.41, 5.74) is 1.63. The lowest BCUT2D eigenvalue weighted by molar-refractivity contribution is 0.208. The minimum atomic E-state index is -0.0965. The molecule has 1 aromatic heterocycles. The maximum atomic E-state index is 12.7. The molecule has 0 aliphatic carbocycles. The second-order valence-electron chi connectivity index (χ2n) is 7.84. The Morgan fingerprint density at radius 3 is 2.20 bits per heavy atom. The van der Waals surface area contributed by atoms with Crippen molar-refractivity contribution >= 4 is 35.0 Å². The number of benzene rings is 1. The standard InChI is InChI=1S/C21H28ClN7O/c1-16-17(22)4-3-5-18(16)25-21(30)29-12-10-28(11-13-29)20-14-19(23-15-24-20)27-8-6-26(2)7-9-27/h3-5,14-15H,6-13H2,1-2H3,(H,25,30). The zero-order valence-electron chi connectivity index (χ0n) is 17.5. The van der Waals surface area contributed by atoms with Gasteiger partial charge in [0.05, 0.1) is 0 Å². The number of urea groups is 1. The average Bonchev–Trinajstić information content (AvgIpc) is 2.77. The van der Waals surface area contributed by atoms with Crippen LogP contribution in [-0.4, -0.2) is 85.2 Å². The van der Waals surface area contributed by atoms with Crippen molar-refractivity contribution in [1.82, 2.24) is 19.8 Å². The quantitative estimate of drug-likeness (QED) is 0.808. The van der Waals surface area contributed by atoms with E-state index >= 15 is 0 Å². The first-order valence-corrected chi connectivity index (χ1v) is 10.7. The Morgan fingerprint density at radius 2 is 1.57 bits per heavy atom. The number of nitrogens with zero attached hydrogens (tertiary/aromatic N) is 6. The summed E-state index contributed by atoms with van der Waals surface area (Å²) >= 11 is 6.16. The van der Waals surface area contributed by atoms with Crippen molar-refractivity contribution in [2.75, 3.05) is 74.5 Å². The van der Waals surface area contributed by atoms with E-state index in [2.05, 4.69) is 43.1 Å². The van der Waals surface area contributed by atoms with Gasteiger partial charge in [-0.15, -0.1) is 0 Å². The lowest BCUT2D eigenvalue weighted by Crippen LogP contribution is -2.50. The number of anilines is 3. The van der Waals surface area contributed by atoms with Gasteiger partial charge in [-0.2, -0.15) is 0 Å². The van der Waals surface area contributed by atoms with E-state index in [-0.39, 0.29) is 6.03 Å². The van der Waals surface area contributed by atoms with Crippen LogP contribution in [0.4, 0.5) is 22.1 Å². The summed E-state index contributed by atoms with van der Waals surface area (Å²) < 4.78 is 0. The summed E-state index contributed by atoms with van der Waals surface area (Å²) in [7, 11) is 2.14. The first-order valence-electron chi connectivity index (χ1n) is 10.3. The van der Waals surface area contributed by atoms with Crippen LogP contribution in [0.25, 0.3) is 0 Å². The fourth-order valence-electron chi connectivity index (χ4n) is 3.79. The van der Waals surface area contributed by atoms with Gasteiger partial charge < -0.3 is 24.9 Å². The van der Waals surface area contributed by atoms with Crippen LogP contribution in [0.3, 0.4) is 0 Å². The number of hydrogen-bond donors (Lipinski definition) is 1. The maximum Gasteiger partial charge on any atom is 0.321 e. The number of likely N-dealkylation sites (N-methyl/N-ethyl adjacent to an activating group) is 1. The normalized spacial score (nSPS) is 17.9. The molecule has 1 aromatic carbocycles. The van der Waals surface area contributed by atoms with Crippen LogP contribution in [-0.2, 0) is 0 Å². The lowest BCUT2D eigenvalue weighted by atomic mass is 10.2. The molecule has 0 unspecified atom stereocenters. The molecule has 0 radical (unpaired) electrons. The summed E-state index contributed by atoms with van der Waals surface area (Å²) in [6.07, 6.45) is 1.64. The molecule has 0 atom stereocenters. The number of nitrogens with one attached hydrogen (secondary N) is 1. The number of piperazine rings is 2. The molecule has 0 spiro atoms. The molecule has 2 fully saturated rings. The number of halogens is 1. The topological polar surface area (TPSA) is 67.8 Å². The average molecular weight is 430 g/mol. The summed E-state index contributed by atoms with van der Waals surface area (Å²) in [6, 6.07) is 7.51. The second-order valence-corrected chi connectivity index (χ2v) is 8.25. The van der Waals surface area contributed by atoms with Gasteiger partial charge in [0.1, 0.15) is 18.0 Å². The van der Waals surface area contributed by atoms with Gasteiger partial charge in [0.25, 0.3) is 0 Å². The molecule has 9 heteroatoms. The van der Waals surface area contributed by atoms with Gasteiger partial charge in [-0.1, -0.05) is 17.7 Å². The van der Waals surface area contributed by atoms with E-state index in [9.17, 15) is 4.79 Å². The van der Waals surface area contributed by atoms with E-state index in [4.69, 9.17) is 11.6 Å². The first-order chi connectivity index (χ1) is 14.5. The van der Waals surface area contributed by atoms with Crippen LogP contribution >= 0.6 is 11.6 Å². The molecule has 4 rings (SSSR count). The van der Waals surface area contributed by atoms with Crippen molar-refractivity contribution in [2.24, 2.45) is 0 Å². The Balaban J connectivity index is 1.35. The summed E-state index contributed by atoms with van der Waals surface area (Å²) in [6.45, 7) is 8.69. The van der Waals surface area contributed by atoms with Crippen molar-refractivity contribution in [3.63, 3.8) is 0 Å². The van der Waals surface area contributed by atoms with E-state index in [0.717, 1.165) is 62.2 Å². The van der Waals surface area contributed by atoms with Gasteiger partial charge in [0, 0.05) is 69.1 Å². The molecule has 0 saturated carbocycles. The molecule has 160 valence electrons. The summed E-state index contributed by atoms with van der Waals surface area (Å²) in [4.78, 5) is 30.3. The highest BCUT2D eigenvalue weighted by atomic mass is 35.5. The minimum Gasteiger partial charge on any atom is -0.354 e. The van der Waals surface area contributed by atoms with E-state index < -0.39 is 0 Å². The van der Waals surface area contributed by atoms with Gasteiger partial charge in [-0.3, -0.25) is 0 Å². The fourth-order valence-corrected chi connectivity index (χ4v) is 3.97. The summed E-state index contributed by atoms with van der Waals surface area (Å²) in [5, 5.41) is 3.63. The zero-order chi connectivity index (χ0) is 21.1. The van der Waals surface area contributed by atoms with Crippen LogP contribution in [0.1, 0.15) is 5.56 Å². The molecule has 1 N–H and O–H groups in total. The Labute approximate surface area is 182 Å².